The van der Waals surface area contributed by atoms with E-state index in [9.17, 15) is 0 Å². The number of benzene rings is 8. The van der Waals surface area contributed by atoms with Gasteiger partial charge in [0.15, 0.2) is 0 Å². The third-order valence-electron chi connectivity index (χ3n) is 9.26. The molecule has 0 fully saturated rings. The molecule has 0 bridgehead atoms. The van der Waals surface area contributed by atoms with Crippen LogP contribution in [0.15, 0.2) is 188 Å². The van der Waals surface area contributed by atoms with Crippen LogP contribution in [0.3, 0.4) is 0 Å². The molecule has 0 saturated heterocycles. The average Bonchev–Trinajstić information content (AvgIpc) is 3.55. The molecule has 1 aromatic heterocycles. The Morgan fingerprint density at radius 3 is 1.77 bits per heavy atom. The van der Waals surface area contributed by atoms with Crippen molar-refractivity contribution in [2.75, 3.05) is 4.90 Å². The molecule has 0 unspecified atom stereocenters. The summed E-state index contributed by atoms with van der Waals surface area (Å²) in [5, 5.41) is 5.00. The third kappa shape index (κ3) is 4.86. The molecule has 0 aliphatic carbocycles. The average molecular weight is 630 g/mol. The first-order valence-electron chi connectivity index (χ1n) is 16.4. The zero-order valence-corrected chi connectivity index (χ0v) is 27.1. The van der Waals surface area contributed by atoms with Gasteiger partial charge in [0.2, 0.25) is 0 Å². The summed E-state index contributed by atoms with van der Waals surface area (Å²) in [6.45, 7) is 0. The minimum atomic E-state index is 1.13. The molecular formula is C46H31NS. The van der Waals surface area contributed by atoms with Crippen molar-refractivity contribution in [2.45, 2.75) is 0 Å². The third-order valence-corrected chi connectivity index (χ3v) is 10.4. The van der Waals surface area contributed by atoms with E-state index in [1.165, 1.54) is 70.0 Å². The minimum absolute atomic E-state index is 1.13. The van der Waals surface area contributed by atoms with Crippen LogP contribution in [-0.4, -0.2) is 0 Å². The van der Waals surface area contributed by atoms with Gasteiger partial charge in [-0.15, -0.1) is 11.3 Å². The van der Waals surface area contributed by atoms with Crippen molar-refractivity contribution >= 4 is 59.3 Å². The van der Waals surface area contributed by atoms with Crippen molar-refractivity contribution in [3.63, 3.8) is 0 Å². The molecular weight excluding hydrogens is 599 g/mol. The van der Waals surface area contributed by atoms with E-state index < -0.39 is 0 Å². The lowest BCUT2D eigenvalue weighted by atomic mass is 9.87. The minimum Gasteiger partial charge on any atom is -0.309 e. The van der Waals surface area contributed by atoms with Crippen molar-refractivity contribution in [1.82, 2.24) is 0 Å². The first-order chi connectivity index (χ1) is 23.8. The largest absolute Gasteiger partial charge is 0.309 e. The molecule has 0 spiro atoms. The molecule has 1 nitrogen and oxygen atoms in total. The van der Waals surface area contributed by atoms with Crippen molar-refractivity contribution < 1.29 is 0 Å². The Morgan fingerprint density at radius 1 is 0.375 bits per heavy atom. The van der Waals surface area contributed by atoms with Crippen LogP contribution in [0.1, 0.15) is 0 Å². The first kappa shape index (κ1) is 28.3. The highest BCUT2D eigenvalue weighted by atomic mass is 32.1. The Kier molecular flexibility index (Phi) is 7.07. The van der Waals surface area contributed by atoms with E-state index in [0.29, 0.717) is 0 Å². The summed E-state index contributed by atoms with van der Waals surface area (Å²) in [6, 6.07) is 68.3. The Labute approximate surface area is 284 Å². The summed E-state index contributed by atoms with van der Waals surface area (Å²) in [4.78, 5) is 2.50. The molecule has 2 heteroatoms. The van der Waals surface area contributed by atoms with Crippen LogP contribution in [0, 0.1) is 0 Å². The fourth-order valence-corrected chi connectivity index (χ4v) is 8.23. The van der Waals surface area contributed by atoms with Gasteiger partial charge in [0.05, 0.1) is 11.4 Å². The molecule has 0 radical (unpaired) electrons. The van der Waals surface area contributed by atoms with Crippen molar-refractivity contribution in [1.29, 1.82) is 0 Å². The van der Waals surface area contributed by atoms with Gasteiger partial charge in [-0.3, -0.25) is 0 Å². The van der Waals surface area contributed by atoms with Crippen LogP contribution in [0.2, 0.25) is 0 Å². The van der Waals surface area contributed by atoms with Crippen LogP contribution < -0.4 is 4.90 Å². The zero-order valence-electron chi connectivity index (χ0n) is 26.3. The molecule has 0 amide bonds. The number of anilines is 3. The molecule has 8 aromatic carbocycles. The van der Waals surface area contributed by atoms with Crippen molar-refractivity contribution in [3.8, 4) is 33.4 Å². The zero-order chi connectivity index (χ0) is 31.9. The van der Waals surface area contributed by atoms with Gasteiger partial charge in [0, 0.05) is 31.4 Å². The highest BCUT2D eigenvalue weighted by molar-refractivity contribution is 7.26. The van der Waals surface area contributed by atoms with Crippen LogP contribution in [0.4, 0.5) is 17.1 Å². The van der Waals surface area contributed by atoms with E-state index in [1.54, 1.807) is 0 Å². The summed E-state index contributed by atoms with van der Waals surface area (Å²) >= 11 is 1.86. The Hall–Kier alpha value is -5.96. The number of fused-ring (bicyclic) bond motifs is 4. The topological polar surface area (TPSA) is 3.24 Å². The second-order valence-corrected chi connectivity index (χ2v) is 13.2. The van der Waals surface area contributed by atoms with E-state index >= 15 is 0 Å². The van der Waals surface area contributed by atoms with Crippen LogP contribution in [0.25, 0.3) is 64.3 Å². The van der Waals surface area contributed by atoms with Gasteiger partial charge in [0.25, 0.3) is 0 Å². The summed E-state index contributed by atoms with van der Waals surface area (Å²) < 4.78 is 2.58. The van der Waals surface area contributed by atoms with Gasteiger partial charge in [-0.2, -0.15) is 0 Å². The van der Waals surface area contributed by atoms with E-state index in [-0.39, 0.29) is 0 Å². The van der Waals surface area contributed by atoms with Crippen LogP contribution in [-0.2, 0) is 0 Å². The van der Waals surface area contributed by atoms with Gasteiger partial charge in [-0.25, -0.2) is 0 Å². The standard InChI is InChI=1S/C46H31NS/c1-3-16-33(17-4-1)37-21-9-10-22-39(37)45-38(34-18-5-2-6-19-34)24-13-25-41(45)47(36-30-29-32-15-7-8-20-35(32)31-36)42-26-14-28-44-46(42)40-23-11-12-27-43(40)48-44/h1-31H. The lowest BCUT2D eigenvalue weighted by molar-refractivity contribution is 1.31. The van der Waals surface area contributed by atoms with Gasteiger partial charge in [-0.05, 0) is 75.0 Å². The highest BCUT2D eigenvalue weighted by Crippen LogP contribution is 2.51. The fraction of sp³-hybridized carbons (Fsp3) is 0. The Bertz CT molecular complexity index is 2560. The predicted octanol–water partition coefficient (Wildman–Crippen LogP) is 13.7. The smallest absolute Gasteiger partial charge is 0.0555 e. The van der Waals surface area contributed by atoms with Crippen LogP contribution >= 0.6 is 11.3 Å². The number of rotatable bonds is 6. The maximum atomic E-state index is 2.50. The number of hydrogen-bond acceptors (Lipinski definition) is 2. The van der Waals surface area contributed by atoms with E-state index in [1.807, 2.05) is 11.3 Å². The monoisotopic (exact) mass is 629 g/mol. The normalized spacial score (nSPS) is 11.3. The van der Waals surface area contributed by atoms with Gasteiger partial charge < -0.3 is 4.90 Å². The summed E-state index contributed by atoms with van der Waals surface area (Å²) in [5.41, 5.74) is 10.6. The van der Waals surface area contributed by atoms with Gasteiger partial charge in [0.1, 0.15) is 0 Å². The number of hydrogen-bond donors (Lipinski definition) is 0. The first-order valence-corrected chi connectivity index (χ1v) is 17.2. The van der Waals surface area contributed by atoms with Gasteiger partial charge in [-0.1, -0.05) is 152 Å². The molecule has 0 atom stereocenters. The lowest BCUT2D eigenvalue weighted by Gasteiger charge is -2.31. The van der Waals surface area contributed by atoms with E-state index in [2.05, 4.69) is 193 Å². The maximum absolute atomic E-state index is 2.50. The quantitative estimate of drug-likeness (QED) is 0.177. The van der Waals surface area contributed by atoms with Crippen LogP contribution in [0.5, 0.6) is 0 Å². The molecule has 0 saturated carbocycles. The maximum Gasteiger partial charge on any atom is 0.0555 e. The number of thiophene rings is 1. The Morgan fingerprint density at radius 2 is 0.958 bits per heavy atom. The molecule has 1 heterocycles. The lowest BCUT2D eigenvalue weighted by Crippen LogP contribution is -2.12. The summed E-state index contributed by atoms with van der Waals surface area (Å²) in [6.07, 6.45) is 0. The molecule has 0 aliphatic rings. The molecule has 0 N–H and O–H groups in total. The summed E-state index contributed by atoms with van der Waals surface area (Å²) in [5.74, 6) is 0. The van der Waals surface area contributed by atoms with E-state index in [0.717, 1.165) is 11.4 Å². The second kappa shape index (κ2) is 12.0. The fourth-order valence-electron chi connectivity index (χ4n) is 7.10. The van der Waals surface area contributed by atoms with Crippen molar-refractivity contribution in [2.24, 2.45) is 0 Å². The van der Waals surface area contributed by atoms with Crippen molar-refractivity contribution in [3.05, 3.63) is 188 Å². The van der Waals surface area contributed by atoms with E-state index in [4.69, 9.17) is 0 Å². The molecule has 0 aliphatic heterocycles. The number of nitrogens with zero attached hydrogens (tertiary/aromatic N) is 1. The second-order valence-electron chi connectivity index (χ2n) is 12.1. The Balaban J connectivity index is 1.42. The SMILES string of the molecule is c1ccc(-c2ccccc2-c2c(-c3ccccc3)cccc2N(c2ccc3ccccc3c2)c2cccc3sc4ccccc4c23)cc1. The molecule has 48 heavy (non-hydrogen) atoms. The predicted molar refractivity (Wildman–Crippen MR) is 208 cm³/mol. The van der Waals surface area contributed by atoms with Gasteiger partial charge >= 0.3 is 0 Å². The highest BCUT2D eigenvalue weighted by Gasteiger charge is 2.24. The summed E-state index contributed by atoms with van der Waals surface area (Å²) in [7, 11) is 0. The molecule has 226 valence electrons. The molecule has 9 rings (SSSR count). The molecule has 9 aromatic rings.